The van der Waals surface area contributed by atoms with Crippen molar-refractivity contribution >= 4 is 5.97 Å². The Labute approximate surface area is 118 Å². The number of halogens is 1. The van der Waals surface area contributed by atoms with Gasteiger partial charge in [0, 0.05) is 12.0 Å². The van der Waals surface area contributed by atoms with E-state index in [2.05, 4.69) is 0 Å². The maximum Gasteiger partial charge on any atom is 0.333 e. The number of methoxy groups -OCH3 is 1. The van der Waals surface area contributed by atoms with E-state index in [9.17, 15) is 14.4 Å². The lowest BCUT2D eigenvalue weighted by Crippen LogP contribution is -2.35. The van der Waals surface area contributed by atoms with Crippen LogP contribution in [-0.4, -0.2) is 19.4 Å². The predicted octanol–water partition coefficient (Wildman–Crippen LogP) is 3.12. The van der Waals surface area contributed by atoms with Crippen molar-refractivity contribution in [3.8, 4) is 11.8 Å². The number of alkyl halides is 1. The number of ether oxygens (including phenoxy) is 2. The number of benzene rings is 1. The third-order valence-corrected chi connectivity index (χ3v) is 3.03. The summed E-state index contributed by atoms with van der Waals surface area (Å²) in [6.45, 7) is 3.18. The molecule has 0 bridgehead atoms. The molecule has 0 saturated carbocycles. The van der Waals surface area contributed by atoms with Crippen molar-refractivity contribution in [2.75, 3.05) is 7.11 Å². The highest BCUT2D eigenvalue weighted by atomic mass is 19.1. The van der Waals surface area contributed by atoms with Gasteiger partial charge in [-0.05, 0) is 19.4 Å². The topological polar surface area (TPSA) is 59.3 Å². The summed E-state index contributed by atoms with van der Waals surface area (Å²) >= 11 is 0. The van der Waals surface area contributed by atoms with Gasteiger partial charge in [-0.25, -0.2) is 9.18 Å². The fourth-order valence-electron chi connectivity index (χ4n) is 1.79. The molecule has 2 unspecified atom stereocenters. The van der Waals surface area contributed by atoms with E-state index in [4.69, 9.17) is 9.47 Å². The maximum atomic E-state index is 13.4. The third kappa shape index (κ3) is 3.27. The number of hydrogen-bond acceptors (Lipinski definition) is 4. The second kappa shape index (κ2) is 6.90. The van der Waals surface area contributed by atoms with Gasteiger partial charge in [-0.2, -0.15) is 5.26 Å². The lowest BCUT2D eigenvalue weighted by atomic mass is 9.83. The summed E-state index contributed by atoms with van der Waals surface area (Å²) < 4.78 is 23.3. The molecular weight excluding hydrogens is 261 g/mol. The summed E-state index contributed by atoms with van der Waals surface area (Å²) in [5, 5.41) is 9.34. The molecule has 4 nitrogen and oxygen atoms in total. The molecule has 1 rings (SSSR count). The first-order valence-corrected chi connectivity index (χ1v) is 6.39. The Morgan fingerprint density at radius 1 is 1.50 bits per heavy atom. The van der Waals surface area contributed by atoms with Crippen LogP contribution in [0.4, 0.5) is 4.39 Å². The molecule has 0 fully saturated rings. The van der Waals surface area contributed by atoms with Crippen LogP contribution in [0.2, 0.25) is 0 Å². The van der Waals surface area contributed by atoms with Gasteiger partial charge in [0.25, 0.3) is 0 Å². The Morgan fingerprint density at radius 2 is 2.15 bits per heavy atom. The number of hydrogen-bond donors (Lipinski definition) is 0. The Morgan fingerprint density at radius 3 is 2.70 bits per heavy atom. The van der Waals surface area contributed by atoms with E-state index in [0.29, 0.717) is 17.7 Å². The largest absolute Gasteiger partial charge is 0.496 e. The molecule has 0 spiro atoms. The lowest BCUT2D eigenvalue weighted by Gasteiger charge is -2.23. The highest BCUT2D eigenvalue weighted by Crippen LogP contribution is 2.33. The lowest BCUT2D eigenvalue weighted by molar-refractivity contribution is -0.162. The fourth-order valence-corrected chi connectivity index (χ4v) is 1.79. The summed E-state index contributed by atoms with van der Waals surface area (Å²) in [4.78, 5) is 12.1. The van der Waals surface area contributed by atoms with Crippen LogP contribution in [0, 0.1) is 11.3 Å². The Hall–Kier alpha value is -2.09. The first kappa shape index (κ1) is 16.0. The van der Waals surface area contributed by atoms with E-state index in [1.54, 1.807) is 31.2 Å². The second-order valence-corrected chi connectivity index (χ2v) is 4.54. The Bertz CT molecular complexity index is 512. The van der Waals surface area contributed by atoms with Gasteiger partial charge in [0.15, 0.2) is 5.41 Å². The molecule has 1 aromatic carbocycles. The molecule has 0 aliphatic heterocycles. The smallest absolute Gasteiger partial charge is 0.333 e. The van der Waals surface area contributed by atoms with Gasteiger partial charge in [-0.3, -0.25) is 0 Å². The zero-order valence-corrected chi connectivity index (χ0v) is 11.9. The molecule has 0 amide bonds. The van der Waals surface area contributed by atoms with Crippen LogP contribution in [-0.2, 0) is 14.9 Å². The molecule has 0 aliphatic rings. The molecule has 5 heteroatoms. The minimum atomic E-state index is -1.70. The van der Waals surface area contributed by atoms with Gasteiger partial charge in [0.2, 0.25) is 6.36 Å². The number of carbonyl (C=O) groups is 1. The second-order valence-electron chi connectivity index (χ2n) is 4.54. The minimum Gasteiger partial charge on any atom is -0.496 e. The van der Waals surface area contributed by atoms with E-state index in [0.717, 1.165) is 0 Å². The summed E-state index contributed by atoms with van der Waals surface area (Å²) in [7, 11) is 1.44. The van der Waals surface area contributed by atoms with Crippen LogP contribution in [0.15, 0.2) is 24.3 Å². The molecule has 20 heavy (non-hydrogen) atoms. The van der Waals surface area contributed by atoms with Crippen molar-refractivity contribution in [2.45, 2.75) is 38.5 Å². The summed E-state index contributed by atoms with van der Waals surface area (Å²) in [5.74, 6) is -0.523. The van der Waals surface area contributed by atoms with Crippen molar-refractivity contribution in [1.29, 1.82) is 5.26 Å². The van der Waals surface area contributed by atoms with E-state index in [-0.39, 0.29) is 6.42 Å². The molecule has 108 valence electrons. The average molecular weight is 279 g/mol. The maximum absolute atomic E-state index is 13.4. The van der Waals surface area contributed by atoms with Gasteiger partial charge in [-0.15, -0.1) is 0 Å². The number of rotatable bonds is 6. The number of carbonyl (C=O) groups excluding carboxylic acids is 1. The van der Waals surface area contributed by atoms with Crippen molar-refractivity contribution < 1.29 is 18.7 Å². The first-order valence-electron chi connectivity index (χ1n) is 6.39. The predicted molar refractivity (Wildman–Crippen MR) is 71.9 cm³/mol. The van der Waals surface area contributed by atoms with E-state index >= 15 is 0 Å². The van der Waals surface area contributed by atoms with Crippen LogP contribution in [0.3, 0.4) is 0 Å². The van der Waals surface area contributed by atoms with Gasteiger partial charge >= 0.3 is 5.97 Å². The number of esters is 1. The molecule has 0 radical (unpaired) electrons. The standard InChI is InChI=1S/C15H18FNO3/c1-4-7-13(16)20-14(18)15(2,10-17)11-8-5-6-9-12(11)19-3/h5-6,8-9,13H,4,7H2,1-3H3. The highest BCUT2D eigenvalue weighted by Gasteiger charge is 2.40. The molecule has 0 aromatic heterocycles. The summed E-state index contributed by atoms with van der Waals surface area (Å²) in [6.07, 6.45) is -1.04. The third-order valence-electron chi connectivity index (χ3n) is 3.03. The van der Waals surface area contributed by atoms with Crippen LogP contribution in [0.1, 0.15) is 32.3 Å². The molecule has 0 heterocycles. The molecule has 0 N–H and O–H groups in total. The van der Waals surface area contributed by atoms with Crippen molar-refractivity contribution in [3.05, 3.63) is 29.8 Å². The van der Waals surface area contributed by atoms with Gasteiger partial charge in [0.1, 0.15) is 5.75 Å². The van der Waals surface area contributed by atoms with E-state index in [1.165, 1.54) is 14.0 Å². The summed E-state index contributed by atoms with van der Waals surface area (Å²) in [6, 6.07) is 8.53. The number of para-hydroxylation sites is 1. The van der Waals surface area contributed by atoms with Gasteiger partial charge in [0.05, 0.1) is 13.2 Å². The van der Waals surface area contributed by atoms with E-state index in [1.807, 2.05) is 6.07 Å². The van der Waals surface area contributed by atoms with Crippen LogP contribution < -0.4 is 4.74 Å². The van der Waals surface area contributed by atoms with Crippen molar-refractivity contribution in [3.63, 3.8) is 0 Å². The molecule has 2 atom stereocenters. The van der Waals surface area contributed by atoms with Crippen LogP contribution in [0.5, 0.6) is 5.75 Å². The first-order chi connectivity index (χ1) is 9.49. The van der Waals surface area contributed by atoms with Crippen LogP contribution >= 0.6 is 0 Å². The monoisotopic (exact) mass is 279 g/mol. The van der Waals surface area contributed by atoms with E-state index < -0.39 is 17.7 Å². The average Bonchev–Trinajstić information content (AvgIpc) is 2.46. The zero-order valence-electron chi connectivity index (χ0n) is 11.9. The molecule has 0 aliphatic carbocycles. The van der Waals surface area contributed by atoms with Gasteiger partial charge < -0.3 is 9.47 Å². The quantitative estimate of drug-likeness (QED) is 0.751. The van der Waals surface area contributed by atoms with Crippen molar-refractivity contribution in [1.82, 2.24) is 0 Å². The fraction of sp³-hybridized carbons (Fsp3) is 0.467. The Balaban J connectivity index is 3.08. The zero-order chi connectivity index (χ0) is 15.2. The molecule has 0 saturated heterocycles. The van der Waals surface area contributed by atoms with Crippen LogP contribution in [0.25, 0.3) is 0 Å². The summed E-state index contributed by atoms with van der Waals surface area (Å²) in [5.41, 5.74) is -1.25. The highest BCUT2D eigenvalue weighted by molar-refractivity contribution is 5.87. The number of nitriles is 1. The molecular formula is C15H18FNO3. The minimum absolute atomic E-state index is 0.110. The number of nitrogens with zero attached hydrogens (tertiary/aromatic N) is 1. The van der Waals surface area contributed by atoms with Gasteiger partial charge in [-0.1, -0.05) is 25.1 Å². The molecule has 1 aromatic rings. The van der Waals surface area contributed by atoms with Crippen molar-refractivity contribution in [2.24, 2.45) is 0 Å². The normalized spacial score (nSPS) is 14.8. The Kier molecular flexibility index (Phi) is 5.51. The SMILES string of the molecule is CCCC(F)OC(=O)C(C)(C#N)c1ccccc1OC.